The van der Waals surface area contributed by atoms with Crippen molar-refractivity contribution in [3.8, 4) is 11.5 Å². The van der Waals surface area contributed by atoms with Crippen molar-refractivity contribution in [1.29, 1.82) is 0 Å². The molecule has 41 heavy (non-hydrogen) atoms. The van der Waals surface area contributed by atoms with Gasteiger partial charge in [-0.15, -0.1) is 0 Å². The van der Waals surface area contributed by atoms with E-state index in [9.17, 15) is 26.0 Å². The molecule has 0 saturated heterocycles. The van der Waals surface area contributed by atoms with Gasteiger partial charge in [-0.3, -0.25) is 4.72 Å². The van der Waals surface area contributed by atoms with E-state index >= 15 is 0 Å². The number of ether oxygens (including phenoxy) is 1. The number of aromatic amines is 1. The zero-order valence-corrected chi connectivity index (χ0v) is 21.7. The van der Waals surface area contributed by atoms with Crippen LogP contribution in [0.15, 0.2) is 102 Å². The average molecular weight is 588 g/mol. The van der Waals surface area contributed by atoms with Crippen LogP contribution in [-0.2, 0) is 21.2 Å². The molecule has 0 saturated carbocycles. The van der Waals surface area contributed by atoms with Gasteiger partial charge in [0.2, 0.25) is 0 Å². The molecule has 3 N–H and O–H groups in total. The Bertz CT molecular complexity index is 1740. The lowest BCUT2D eigenvalue weighted by Crippen LogP contribution is -2.21. The van der Waals surface area contributed by atoms with E-state index in [1.165, 1.54) is 12.1 Å². The molecule has 0 unspecified atom stereocenters. The second-order valence-electron chi connectivity index (χ2n) is 8.51. The summed E-state index contributed by atoms with van der Waals surface area (Å²) in [6.45, 7) is 0. The van der Waals surface area contributed by atoms with Crippen LogP contribution in [0.5, 0.6) is 11.5 Å². The van der Waals surface area contributed by atoms with Crippen molar-refractivity contribution in [3.05, 3.63) is 114 Å². The van der Waals surface area contributed by atoms with Gasteiger partial charge in [0.05, 0.1) is 21.6 Å². The number of alkyl halides is 3. The van der Waals surface area contributed by atoms with Crippen LogP contribution in [0.3, 0.4) is 0 Å². The Hall–Kier alpha value is -4.91. The maximum absolute atomic E-state index is 13.1. The third-order valence-corrected chi connectivity index (χ3v) is 6.82. The summed E-state index contributed by atoms with van der Waals surface area (Å²) in [5.74, 6) is -0.975. The maximum Gasteiger partial charge on any atom is 0.490 e. The van der Waals surface area contributed by atoms with Crippen LogP contribution in [0.1, 0.15) is 11.4 Å². The van der Waals surface area contributed by atoms with E-state index in [0.29, 0.717) is 17.6 Å². The van der Waals surface area contributed by atoms with E-state index < -0.39 is 28.0 Å². The number of carboxylic acid groups (broad SMARTS) is 1. The highest BCUT2D eigenvalue weighted by atomic mass is 32.2. The first-order valence-corrected chi connectivity index (χ1v) is 13.3. The maximum atomic E-state index is 13.1. The molecule has 0 bridgehead atoms. The summed E-state index contributed by atoms with van der Waals surface area (Å²) < 4.78 is 78.3. The number of anilines is 1. The topological polar surface area (TPSA) is 121 Å². The van der Waals surface area contributed by atoms with Gasteiger partial charge in [0.15, 0.2) is 0 Å². The van der Waals surface area contributed by atoms with Gasteiger partial charge in [-0.05, 0) is 72.3 Å². The lowest BCUT2D eigenvalue weighted by atomic mass is 10.1. The molecule has 5 aromatic rings. The minimum atomic E-state index is -5.08. The molecule has 1 aromatic heterocycles. The van der Waals surface area contributed by atoms with Gasteiger partial charge in [-0.2, -0.15) is 13.2 Å². The summed E-state index contributed by atoms with van der Waals surface area (Å²) in [5, 5.41) is 7.12. The van der Waals surface area contributed by atoms with Crippen molar-refractivity contribution in [3.63, 3.8) is 0 Å². The smallest absolute Gasteiger partial charge is 0.475 e. The molecule has 0 atom stereocenters. The fourth-order valence-corrected chi connectivity index (χ4v) is 4.58. The summed E-state index contributed by atoms with van der Waals surface area (Å²) >= 11 is 0. The van der Waals surface area contributed by atoms with Gasteiger partial charge in [0, 0.05) is 6.42 Å². The van der Waals surface area contributed by atoms with E-state index in [4.69, 9.17) is 14.6 Å². The number of hydrogen-bond donors (Lipinski definition) is 3. The lowest BCUT2D eigenvalue weighted by Gasteiger charge is -2.08. The van der Waals surface area contributed by atoms with E-state index in [1.54, 1.807) is 18.2 Å². The summed E-state index contributed by atoms with van der Waals surface area (Å²) in [7, 11) is -3.83. The summed E-state index contributed by atoms with van der Waals surface area (Å²) in [6, 6.07) is 27.1. The van der Waals surface area contributed by atoms with Gasteiger partial charge in [0.25, 0.3) is 10.0 Å². The van der Waals surface area contributed by atoms with E-state index in [1.807, 2.05) is 54.6 Å². The van der Waals surface area contributed by atoms with Crippen molar-refractivity contribution in [1.82, 2.24) is 9.97 Å². The number of imidazole rings is 1. The molecule has 0 amide bonds. The number of sulfonamides is 1. The van der Waals surface area contributed by atoms with Crippen molar-refractivity contribution in [2.75, 3.05) is 4.72 Å². The van der Waals surface area contributed by atoms with Crippen molar-refractivity contribution >= 4 is 32.7 Å². The van der Waals surface area contributed by atoms with Crippen molar-refractivity contribution in [2.24, 2.45) is 0 Å². The van der Waals surface area contributed by atoms with Gasteiger partial charge in [-0.25, -0.2) is 22.6 Å². The molecule has 4 aromatic carbocycles. The molecule has 0 fully saturated rings. The number of nitrogens with zero attached hydrogens (tertiary/aromatic N) is 1. The molecular weight excluding hydrogens is 566 g/mol. The van der Waals surface area contributed by atoms with Crippen molar-refractivity contribution < 1.29 is 40.6 Å². The SMILES string of the molecule is O=C(O)C(F)(F)F.O=S(=O)(Nc1ccc2nc(Cc3ccc(Oc4ccccc4)cc3)[nH]c2c1)c1ccc(F)cc1. The molecule has 8 nitrogen and oxygen atoms in total. The van der Waals surface area contributed by atoms with Gasteiger partial charge >= 0.3 is 12.1 Å². The normalized spacial score (nSPS) is 11.4. The number of aliphatic carboxylic acids is 1. The molecular formula is C28H21F4N3O5S. The minimum Gasteiger partial charge on any atom is -0.475 e. The van der Waals surface area contributed by atoms with Crippen LogP contribution in [0.4, 0.5) is 23.2 Å². The molecule has 13 heteroatoms. The molecule has 0 spiro atoms. The monoisotopic (exact) mass is 587 g/mol. The Kier molecular flexibility index (Phi) is 8.57. The Morgan fingerprint density at radius 2 is 1.51 bits per heavy atom. The fraction of sp³-hybridized carbons (Fsp3) is 0.0714. The summed E-state index contributed by atoms with van der Waals surface area (Å²) in [5.41, 5.74) is 2.87. The Labute approximate surface area is 231 Å². The Morgan fingerprint density at radius 3 is 2.12 bits per heavy atom. The predicted octanol–water partition coefficient (Wildman–Crippen LogP) is 6.52. The number of para-hydroxylation sites is 1. The van der Waals surface area contributed by atoms with Crippen LogP contribution >= 0.6 is 0 Å². The third-order valence-electron chi connectivity index (χ3n) is 5.42. The van der Waals surface area contributed by atoms with Crippen LogP contribution < -0.4 is 9.46 Å². The number of halogens is 4. The zero-order chi connectivity index (χ0) is 29.6. The number of fused-ring (bicyclic) bond motifs is 1. The first kappa shape index (κ1) is 29.1. The summed E-state index contributed by atoms with van der Waals surface area (Å²) in [4.78, 5) is 16.7. The zero-order valence-electron chi connectivity index (χ0n) is 20.9. The highest BCUT2D eigenvalue weighted by molar-refractivity contribution is 7.92. The quantitative estimate of drug-likeness (QED) is 0.187. The number of carbonyl (C=O) groups is 1. The first-order chi connectivity index (χ1) is 19.4. The van der Waals surface area contributed by atoms with Crippen LogP contribution in [0.2, 0.25) is 0 Å². The average Bonchev–Trinajstić information content (AvgIpc) is 3.32. The number of nitrogens with one attached hydrogen (secondary N) is 2. The van der Waals surface area contributed by atoms with Crippen LogP contribution in [-0.4, -0.2) is 35.6 Å². The standard InChI is InChI=1S/C26H20FN3O3S.C2HF3O2/c27-19-8-13-23(14-9-19)34(31,32)30-20-10-15-24-25(17-20)29-26(28-24)16-18-6-11-22(12-7-18)33-21-4-2-1-3-5-21;3-2(4,5)1(6)7/h1-15,17,30H,16H2,(H,28,29);(H,6,7). The van der Waals surface area contributed by atoms with E-state index in [0.717, 1.165) is 40.5 Å². The predicted molar refractivity (Wildman–Crippen MR) is 143 cm³/mol. The molecule has 0 aliphatic carbocycles. The van der Waals surface area contributed by atoms with Crippen LogP contribution in [0, 0.1) is 5.82 Å². The number of aromatic nitrogens is 2. The van der Waals surface area contributed by atoms with E-state index in [-0.39, 0.29) is 4.90 Å². The number of carboxylic acids is 1. The molecule has 0 aliphatic rings. The van der Waals surface area contributed by atoms with Crippen molar-refractivity contribution in [2.45, 2.75) is 17.5 Å². The highest BCUT2D eigenvalue weighted by Gasteiger charge is 2.38. The fourth-order valence-electron chi connectivity index (χ4n) is 3.53. The number of benzene rings is 4. The number of H-pyrrole nitrogens is 1. The number of rotatable bonds is 7. The van der Waals surface area contributed by atoms with Gasteiger partial charge < -0.3 is 14.8 Å². The number of hydrogen-bond acceptors (Lipinski definition) is 5. The molecule has 0 aliphatic heterocycles. The Balaban J connectivity index is 0.000000493. The second-order valence-corrected chi connectivity index (χ2v) is 10.2. The molecule has 212 valence electrons. The minimum absolute atomic E-state index is 0.0148. The molecule has 5 rings (SSSR count). The van der Waals surface area contributed by atoms with E-state index in [2.05, 4.69) is 14.7 Å². The van der Waals surface area contributed by atoms with Crippen LogP contribution in [0.25, 0.3) is 11.0 Å². The first-order valence-electron chi connectivity index (χ1n) is 11.8. The largest absolute Gasteiger partial charge is 0.490 e. The third kappa shape index (κ3) is 8.05. The molecule has 1 heterocycles. The highest BCUT2D eigenvalue weighted by Crippen LogP contribution is 2.24. The Morgan fingerprint density at radius 1 is 0.902 bits per heavy atom. The molecule has 0 radical (unpaired) electrons. The summed E-state index contributed by atoms with van der Waals surface area (Å²) in [6.07, 6.45) is -4.50. The second kappa shape index (κ2) is 12.1. The van der Waals surface area contributed by atoms with Gasteiger partial charge in [-0.1, -0.05) is 30.3 Å². The lowest BCUT2D eigenvalue weighted by molar-refractivity contribution is -0.192. The van der Waals surface area contributed by atoms with Gasteiger partial charge in [0.1, 0.15) is 23.1 Å².